The molecule has 0 atom stereocenters. The fraction of sp³-hybridized carbons (Fsp3) is 0.429. The highest BCUT2D eigenvalue weighted by atomic mass is 32.3. The molecular weight excluding hydrogens is 364 g/mol. The standard InChI is InChI=1S/C14H16F4N4O2S/c1-5-9-6-8(2)11(25(18,23)24)7-10(9)22-13(21(3)4)19-12(20-22)14(15,16)17/h6-7H,5H2,1-4H3. The number of hydrogen-bond donors (Lipinski definition) is 0. The van der Waals surface area contributed by atoms with Crippen LogP contribution in [0.25, 0.3) is 5.69 Å². The van der Waals surface area contributed by atoms with Crippen molar-refractivity contribution in [3.8, 4) is 5.69 Å². The summed E-state index contributed by atoms with van der Waals surface area (Å²) in [5.74, 6) is -1.53. The molecule has 0 unspecified atom stereocenters. The van der Waals surface area contributed by atoms with Crippen LogP contribution in [0.15, 0.2) is 17.0 Å². The Morgan fingerprint density at radius 2 is 1.84 bits per heavy atom. The fourth-order valence-corrected chi connectivity index (χ4v) is 3.05. The number of nitrogens with zero attached hydrogens (tertiary/aromatic N) is 4. The van der Waals surface area contributed by atoms with Gasteiger partial charge in [-0.2, -0.15) is 31.3 Å². The second-order valence-corrected chi connectivity index (χ2v) is 6.89. The van der Waals surface area contributed by atoms with Crippen LogP contribution in [0.2, 0.25) is 0 Å². The molecule has 6 nitrogen and oxygen atoms in total. The third kappa shape index (κ3) is 3.75. The molecule has 0 N–H and O–H groups in total. The minimum Gasteiger partial charge on any atom is -0.347 e. The lowest BCUT2D eigenvalue weighted by Gasteiger charge is -2.16. The second-order valence-electron chi connectivity index (χ2n) is 5.58. The molecule has 0 saturated heterocycles. The first-order valence-electron chi connectivity index (χ1n) is 7.16. The number of benzene rings is 1. The molecule has 0 bridgehead atoms. The van der Waals surface area contributed by atoms with E-state index < -0.39 is 27.1 Å². The number of rotatable bonds is 4. The first-order valence-corrected chi connectivity index (χ1v) is 8.54. The van der Waals surface area contributed by atoms with Gasteiger partial charge in [0.05, 0.1) is 5.69 Å². The number of hydrogen-bond acceptors (Lipinski definition) is 5. The van der Waals surface area contributed by atoms with E-state index in [9.17, 15) is 25.5 Å². The predicted octanol–water partition coefficient (Wildman–Crippen LogP) is 2.88. The molecule has 0 fully saturated rings. The van der Waals surface area contributed by atoms with Gasteiger partial charge in [-0.1, -0.05) is 13.0 Å². The number of halogens is 4. The van der Waals surface area contributed by atoms with Crippen LogP contribution in [-0.2, 0) is 22.8 Å². The summed E-state index contributed by atoms with van der Waals surface area (Å²) in [5, 5.41) is 3.46. The quantitative estimate of drug-likeness (QED) is 0.603. The molecule has 2 aromatic rings. The summed E-state index contributed by atoms with van der Waals surface area (Å²) in [6.45, 7) is 3.14. The van der Waals surface area contributed by atoms with Gasteiger partial charge in [0.15, 0.2) is 0 Å². The number of aromatic nitrogens is 3. The van der Waals surface area contributed by atoms with Gasteiger partial charge in [0.1, 0.15) is 4.90 Å². The Kier molecular flexibility index (Phi) is 4.81. The van der Waals surface area contributed by atoms with Gasteiger partial charge < -0.3 is 4.90 Å². The molecule has 0 radical (unpaired) electrons. The zero-order valence-electron chi connectivity index (χ0n) is 13.9. The molecule has 2 rings (SSSR count). The molecule has 1 aromatic carbocycles. The van der Waals surface area contributed by atoms with Crippen molar-refractivity contribution in [2.45, 2.75) is 31.3 Å². The fourth-order valence-electron chi connectivity index (χ4n) is 2.36. The highest BCUT2D eigenvalue weighted by Crippen LogP contribution is 2.32. The van der Waals surface area contributed by atoms with Gasteiger partial charge in [-0.15, -0.1) is 8.98 Å². The van der Waals surface area contributed by atoms with Crippen molar-refractivity contribution in [2.24, 2.45) is 0 Å². The van der Waals surface area contributed by atoms with Crippen LogP contribution in [0.4, 0.5) is 23.0 Å². The van der Waals surface area contributed by atoms with Crippen LogP contribution in [0, 0.1) is 6.92 Å². The van der Waals surface area contributed by atoms with E-state index in [-0.39, 0.29) is 17.2 Å². The Balaban J connectivity index is 2.83. The van der Waals surface area contributed by atoms with Crippen molar-refractivity contribution < 1.29 is 25.5 Å². The Morgan fingerprint density at radius 3 is 2.28 bits per heavy atom. The SMILES string of the molecule is CCc1cc(C)c(S(=O)(=O)F)cc1-n1nc(C(F)(F)F)nc1N(C)C. The highest BCUT2D eigenvalue weighted by Gasteiger charge is 2.38. The zero-order valence-corrected chi connectivity index (χ0v) is 14.7. The first-order chi connectivity index (χ1) is 11.4. The molecule has 0 aliphatic heterocycles. The minimum atomic E-state index is -5.04. The van der Waals surface area contributed by atoms with Crippen molar-refractivity contribution in [2.75, 3.05) is 19.0 Å². The molecule has 0 aliphatic rings. The topological polar surface area (TPSA) is 68.1 Å². The highest BCUT2D eigenvalue weighted by molar-refractivity contribution is 7.86. The molecule has 0 saturated carbocycles. The molecule has 11 heteroatoms. The zero-order chi connectivity index (χ0) is 19.2. The van der Waals surface area contributed by atoms with Crippen LogP contribution >= 0.6 is 0 Å². The minimum absolute atomic E-state index is 0.0241. The summed E-state index contributed by atoms with van der Waals surface area (Å²) >= 11 is 0. The lowest BCUT2D eigenvalue weighted by atomic mass is 10.1. The summed E-state index contributed by atoms with van der Waals surface area (Å²) in [6, 6.07) is 2.39. The normalized spacial score (nSPS) is 12.5. The lowest BCUT2D eigenvalue weighted by Crippen LogP contribution is -2.16. The molecular formula is C14H16F4N4O2S. The molecule has 25 heavy (non-hydrogen) atoms. The van der Waals surface area contributed by atoms with E-state index in [1.165, 1.54) is 32.0 Å². The third-order valence-corrected chi connectivity index (χ3v) is 4.46. The predicted molar refractivity (Wildman–Crippen MR) is 83.1 cm³/mol. The van der Waals surface area contributed by atoms with E-state index in [4.69, 9.17) is 0 Å². The molecule has 1 heterocycles. The largest absolute Gasteiger partial charge is 0.453 e. The van der Waals surface area contributed by atoms with Crippen LogP contribution in [-0.4, -0.2) is 37.3 Å². The van der Waals surface area contributed by atoms with E-state index in [0.717, 1.165) is 10.7 Å². The first kappa shape index (κ1) is 19.2. The van der Waals surface area contributed by atoms with Gasteiger partial charge in [-0.3, -0.25) is 0 Å². The summed E-state index contributed by atoms with van der Waals surface area (Å²) in [6.07, 6.45) is -4.40. The number of anilines is 1. The second kappa shape index (κ2) is 6.28. The molecule has 138 valence electrons. The van der Waals surface area contributed by atoms with Crippen LogP contribution < -0.4 is 4.90 Å². The Bertz CT molecular complexity index is 904. The van der Waals surface area contributed by atoms with E-state index in [1.54, 1.807) is 6.92 Å². The van der Waals surface area contributed by atoms with E-state index in [2.05, 4.69) is 10.1 Å². The lowest BCUT2D eigenvalue weighted by molar-refractivity contribution is -0.144. The maximum atomic E-state index is 13.5. The Labute approximate surface area is 142 Å². The van der Waals surface area contributed by atoms with Crippen molar-refractivity contribution in [3.63, 3.8) is 0 Å². The summed E-state index contributed by atoms with van der Waals surface area (Å²) in [4.78, 5) is 4.14. The Morgan fingerprint density at radius 1 is 1.24 bits per heavy atom. The average Bonchev–Trinajstić information content (AvgIpc) is 2.90. The summed E-state index contributed by atoms with van der Waals surface area (Å²) in [5.41, 5.74) is 0.688. The van der Waals surface area contributed by atoms with Crippen molar-refractivity contribution in [1.29, 1.82) is 0 Å². The van der Waals surface area contributed by atoms with Crippen molar-refractivity contribution in [1.82, 2.24) is 14.8 Å². The van der Waals surface area contributed by atoms with Gasteiger partial charge in [0.2, 0.25) is 5.95 Å². The van der Waals surface area contributed by atoms with Gasteiger partial charge in [0, 0.05) is 14.1 Å². The van der Waals surface area contributed by atoms with Crippen molar-refractivity contribution in [3.05, 3.63) is 29.1 Å². The van der Waals surface area contributed by atoms with Crippen LogP contribution in [0.1, 0.15) is 23.9 Å². The maximum Gasteiger partial charge on any atom is 0.453 e. The summed E-state index contributed by atoms with van der Waals surface area (Å²) < 4.78 is 75.9. The van der Waals surface area contributed by atoms with Gasteiger partial charge in [0.25, 0.3) is 5.82 Å². The van der Waals surface area contributed by atoms with Gasteiger partial charge in [-0.05, 0) is 30.5 Å². The van der Waals surface area contributed by atoms with Crippen molar-refractivity contribution >= 4 is 16.2 Å². The number of alkyl halides is 3. The van der Waals surface area contributed by atoms with Gasteiger partial charge in [-0.25, -0.2) is 0 Å². The molecule has 0 aliphatic carbocycles. The van der Waals surface area contributed by atoms with E-state index >= 15 is 0 Å². The smallest absolute Gasteiger partial charge is 0.347 e. The Hall–Kier alpha value is -2.17. The monoisotopic (exact) mass is 380 g/mol. The number of aryl methyl sites for hydroxylation is 2. The van der Waals surface area contributed by atoms with Crippen LogP contribution in [0.3, 0.4) is 0 Å². The van der Waals surface area contributed by atoms with Crippen LogP contribution in [0.5, 0.6) is 0 Å². The average molecular weight is 380 g/mol. The van der Waals surface area contributed by atoms with Gasteiger partial charge >= 0.3 is 16.4 Å². The molecule has 0 amide bonds. The maximum absolute atomic E-state index is 13.5. The van der Waals surface area contributed by atoms with E-state index in [0.29, 0.717) is 12.0 Å². The third-order valence-electron chi connectivity index (χ3n) is 3.49. The summed E-state index contributed by atoms with van der Waals surface area (Å²) in [7, 11) is -2.11. The molecule has 1 aromatic heterocycles. The molecule has 0 spiro atoms. The van der Waals surface area contributed by atoms with E-state index in [1.807, 2.05) is 0 Å².